The third-order valence-corrected chi connectivity index (χ3v) is 3.55. The average Bonchev–Trinajstić information content (AvgIpc) is 2.88. The topological polar surface area (TPSA) is 35.5 Å². The van der Waals surface area contributed by atoms with Crippen molar-refractivity contribution < 1.29 is 14.3 Å². The van der Waals surface area contributed by atoms with E-state index in [2.05, 4.69) is 12.2 Å². The summed E-state index contributed by atoms with van der Waals surface area (Å²) >= 11 is 0. The Labute approximate surface area is 102 Å². The Morgan fingerprint density at radius 1 is 1.35 bits per heavy atom. The van der Waals surface area contributed by atoms with Gasteiger partial charge in [0.15, 0.2) is 0 Å². The van der Waals surface area contributed by atoms with Crippen LogP contribution >= 0.6 is 0 Å². The molecule has 3 heteroatoms. The molecule has 0 spiro atoms. The molecule has 0 aromatic heterocycles. The molecule has 0 N–H and O–H groups in total. The summed E-state index contributed by atoms with van der Waals surface area (Å²) in [6.45, 7) is 4.78. The van der Waals surface area contributed by atoms with Crippen LogP contribution in [0, 0.1) is 17.8 Å². The van der Waals surface area contributed by atoms with Gasteiger partial charge in [0.25, 0.3) is 0 Å². The van der Waals surface area contributed by atoms with Crippen molar-refractivity contribution in [3.8, 4) is 0 Å². The number of esters is 1. The lowest BCUT2D eigenvalue weighted by Gasteiger charge is -2.17. The van der Waals surface area contributed by atoms with Gasteiger partial charge in [-0.05, 0) is 44.4 Å². The number of hydrogen-bond donors (Lipinski definition) is 0. The number of carbonyl (C=O) groups is 1. The Morgan fingerprint density at radius 2 is 2.18 bits per heavy atom. The van der Waals surface area contributed by atoms with Gasteiger partial charge in [-0.15, -0.1) is 0 Å². The van der Waals surface area contributed by atoms with E-state index in [-0.39, 0.29) is 5.97 Å². The Kier molecular flexibility index (Phi) is 3.87. The SMILES string of the molecule is CCO/C(C)=C/C(=O)OCC1CC2C=CC1C2. The largest absolute Gasteiger partial charge is 0.498 e. The second-order valence-electron chi connectivity index (χ2n) is 4.86. The van der Waals surface area contributed by atoms with Crippen LogP contribution in [0.2, 0.25) is 0 Å². The molecule has 0 saturated heterocycles. The molecule has 1 fully saturated rings. The van der Waals surface area contributed by atoms with Gasteiger partial charge in [-0.2, -0.15) is 0 Å². The summed E-state index contributed by atoms with van der Waals surface area (Å²) in [7, 11) is 0. The minimum atomic E-state index is -0.289. The summed E-state index contributed by atoms with van der Waals surface area (Å²) in [6, 6.07) is 0. The van der Waals surface area contributed by atoms with Crippen molar-refractivity contribution in [3.05, 3.63) is 24.0 Å². The molecule has 2 bridgehead atoms. The van der Waals surface area contributed by atoms with Crippen LogP contribution in [0.3, 0.4) is 0 Å². The molecule has 0 heterocycles. The number of allylic oxidation sites excluding steroid dienone is 3. The predicted octanol–water partition coefficient (Wildman–Crippen LogP) is 2.68. The van der Waals surface area contributed by atoms with Gasteiger partial charge in [0, 0.05) is 0 Å². The fourth-order valence-electron chi connectivity index (χ4n) is 2.75. The van der Waals surface area contributed by atoms with Gasteiger partial charge in [-0.1, -0.05) is 12.2 Å². The van der Waals surface area contributed by atoms with Crippen LogP contribution in [-0.2, 0) is 14.3 Å². The van der Waals surface area contributed by atoms with E-state index in [1.54, 1.807) is 6.92 Å². The van der Waals surface area contributed by atoms with Crippen molar-refractivity contribution in [1.82, 2.24) is 0 Å². The van der Waals surface area contributed by atoms with Crippen molar-refractivity contribution in [3.63, 3.8) is 0 Å². The third kappa shape index (κ3) is 3.11. The maximum atomic E-state index is 11.5. The quantitative estimate of drug-likeness (QED) is 0.318. The molecule has 0 aromatic carbocycles. The first-order valence-electron chi connectivity index (χ1n) is 6.35. The molecule has 0 radical (unpaired) electrons. The molecule has 3 unspecified atom stereocenters. The highest BCUT2D eigenvalue weighted by Crippen LogP contribution is 2.43. The summed E-state index contributed by atoms with van der Waals surface area (Å²) in [6.07, 6.45) is 8.40. The molecule has 1 saturated carbocycles. The van der Waals surface area contributed by atoms with E-state index in [0.717, 1.165) is 5.92 Å². The lowest BCUT2D eigenvalue weighted by atomic mass is 9.95. The van der Waals surface area contributed by atoms with Crippen molar-refractivity contribution in [2.24, 2.45) is 17.8 Å². The normalized spacial score (nSPS) is 30.7. The van der Waals surface area contributed by atoms with Gasteiger partial charge in [0.05, 0.1) is 19.3 Å². The zero-order valence-electron chi connectivity index (χ0n) is 10.5. The second kappa shape index (κ2) is 5.39. The van der Waals surface area contributed by atoms with E-state index in [1.807, 2.05) is 6.92 Å². The van der Waals surface area contributed by atoms with Crippen molar-refractivity contribution >= 4 is 5.97 Å². The fraction of sp³-hybridized carbons (Fsp3) is 0.643. The number of carbonyl (C=O) groups excluding carboxylic acids is 1. The third-order valence-electron chi connectivity index (χ3n) is 3.55. The van der Waals surface area contributed by atoms with E-state index >= 15 is 0 Å². The molecule has 2 aliphatic rings. The van der Waals surface area contributed by atoms with Crippen molar-refractivity contribution in [1.29, 1.82) is 0 Å². The summed E-state index contributed by atoms with van der Waals surface area (Å²) in [5.74, 6) is 2.21. The van der Waals surface area contributed by atoms with Crippen LogP contribution in [0.5, 0.6) is 0 Å². The highest BCUT2D eigenvalue weighted by molar-refractivity contribution is 5.82. The van der Waals surface area contributed by atoms with Gasteiger partial charge < -0.3 is 9.47 Å². The highest BCUT2D eigenvalue weighted by Gasteiger charge is 2.36. The molecular formula is C14H20O3. The van der Waals surface area contributed by atoms with Crippen LogP contribution in [0.15, 0.2) is 24.0 Å². The van der Waals surface area contributed by atoms with Crippen LogP contribution in [0.1, 0.15) is 26.7 Å². The van der Waals surface area contributed by atoms with Gasteiger partial charge in [0.1, 0.15) is 5.76 Å². The Balaban J connectivity index is 1.73. The zero-order chi connectivity index (χ0) is 12.3. The molecule has 3 nitrogen and oxygen atoms in total. The molecule has 0 aliphatic heterocycles. The van der Waals surface area contributed by atoms with Crippen LogP contribution in [0.25, 0.3) is 0 Å². The minimum absolute atomic E-state index is 0.289. The van der Waals surface area contributed by atoms with Crippen molar-refractivity contribution in [2.45, 2.75) is 26.7 Å². The molecular weight excluding hydrogens is 216 g/mol. The van der Waals surface area contributed by atoms with Gasteiger partial charge in [-0.3, -0.25) is 0 Å². The maximum Gasteiger partial charge on any atom is 0.334 e. The Bertz CT molecular complexity index is 343. The van der Waals surface area contributed by atoms with Gasteiger partial charge in [-0.25, -0.2) is 4.79 Å². The standard InChI is InChI=1S/C14H20O3/c1-3-16-10(2)6-14(15)17-9-13-8-11-4-5-12(13)7-11/h4-6,11-13H,3,7-9H2,1-2H3/b10-6+. The van der Waals surface area contributed by atoms with E-state index in [0.29, 0.717) is 30.8 Å². The Morgan fingerprint density at radius 3 is 2.76 bits per heavy atom. The van der Waals surface area contributed by atoms with E-state index in [1.165, 1.54) is 18.9 Å². The molecule has 0 amide bonds. The number of rotatable bonds is 5. The van der Waals surface area contributed by atoms with E-state index < -0.39 is 0 Å². The molecule has 3 atom stereocenters. The summed E-state index contributed by atoms with van der Waals surface area (Å²) in [5, 5.41) is 0. The lowest BCUT2D eigenvalue weighted by Crippen LogP contribution is -2.17. The first-order chi connectivity index (χ1) is 8.19. The summed E-state index contributed by atoms with van der Waals surface area (Å²) in [5.41, 5.74) is 0. The summed E-state index contributed by atoms with van der Waals surface area (Å²) in [4.78, 5) is 11.5. The van der Waals surface area contributed by atoms with Crippen LogP contribution < -0.4 is 0 Å². The first-order valence-corrected chi connectivity index (χ1v) is 6.35. The molecule has 17 heavy (non-hydrogen) atoms. The zero-order valence-corrected chi connectivity index (χ0v) is 10.5. The Hall–Kier alpha value is -1.25. The predicted molar refractivity (Wildman–Crippen MR) is 65.2 cm³/mol. The van der Waals surface area contributed by atoms with Gasteiger partial charge in [0.2, 0.25) is 0 Å². The number of hydrogen-bond acceptors (Lipinski definition) is 3. The summed E-state index contributed by atoms with van der Waals surface area (Å²) < 4.78 is 10.4. The van der Waals surface area contributed by atoms with E-state index in [4.69, 9.17) is 9.47 Å². The van der Waals surface area contributed by atoms with Crippen molar-refractivity contribution in [2.75, 3.05) is 13.2 Å². The smallest absolute Gasteiger partial charge is 0.334 e. The maximum absolute atomic E-state index is 11.5. The average molecular weight is 236 g/mol. The van der Waals surface area contributed by atoms with Gasteiger partial charge >= 0.3 is 5.97 Å². The molecule has 0 aromatic rings. The molecule has 2 rings (SSSR count). The lowest BCUT2D eigenvalue weighted by molar-refractivity contribution is -0.139. The fourth-order valence-corrected chi connectivity index (χ4v) is 2.75. The first kappa shape index (κ1) is 12.2. The molecule has 94 valence electrons. The second-order valence-corrected chi connectivity index (χ2v) is 4.86. The monoisotopic (exact) mass is 236 g/mol. The van der Waals surface area contributed by atoms with Crippen LogP contribution in [0.4, 0.5) is 0 Å². The highest BCUT2D eigenvalue weighted by atomic mass is 16.5. The molecule has 2 aliphatic carbocycles. The number of fused-ring (bicyclic) bond motifs is 2. The van der Waals surface area contributed by atoms with Crippen LogP contribution in [-0.4, -0.2) is 19.2 Å². The van der Waals surface area contributed by atoms with E-state index in [9.17, 15) is 4.79 Å². The number of ether oxygens (including phenoxy) is 2. The minimum Gasteiger partial charge on any atom is -0.498 e.